The molecule has 0 fully saturated rings. The normalized spacial score (nSPS) is 14.0. The number of allylic oxidation sites excluding steroid dienone is 7. The second-order valence-corrected chi connectivity index (χ2v) is 25.2. The third-order valence-electron chi connectivity index (χ3n) is 15.0. The maximum atomic E-state index is 13.0. The van der Waals surface area contributed by atoms with Crippen LogP contribution < -0.4 is 10.2 Å². The summed E-state index contributed by atoms with van der Waals surface area (Å²) in [7, 11) is 1.25. The van der Waals surface area contributed by atoms with Crippen molar-refractivity contribution >= 4 is 13.7 Å². The first-order valence-electron chi connectivity index (χ1n) is 33.0. The fourth-order valence-corrected chi connectivity index (χ4v) is 10.6. The van der Waals surface area contributed by atoms with Gasteiger partial charge in [0, 0.05) is 6.42 Å². The van der Waals surface area contributed by atoms with Crippen LogP contribution in [0, 0.1) is 0 Å². The van der Waals surface area contributed by atoms with Gasteiger partial charge in [-0.05, 0) is 64.2 Å². The number of amides is 1. The van der Waals surface area contributed by atoms with Gasteiger partial charge in [-0.2, -0.15) is 0 Å². The molecule has 0 aliphatic rings. The number of unbranched alkanes of at least 4 members (excludes halogenated alkanes) is 42. The summed E-state index contributed by atoms with van der Waals surface area (Å²) < 4.78 is 23.4. The van der Waals surface area contributed by atoms with E-state index in [2.05, 4.69) is 55.6 Å². The van der Waals surface area contributed by atoms with Crippen molar-refractivity contribution in [2.24, 2.45) is 0 Å². The lowest BCUT2D eigenvalue weighted by Crippen LogP contribution is -2.45. The van der Waals surface area contributed by atoms with E-state index in [9.17, 15) is 19.4 Å². The molecule has 0 saturated carbocycles. The predicted octanol–water partition coefficient (Wildman–Crippen LogP) is 20.0. The van der Waals surface area contributed by atoms with Gasteiger partial charge in [0.05, 0.1) is 39.9 Å². The molecule has 8 nitrogen and oxygen atoms in total. The third-order valence-corrected chi connectivity index (χ3v) is 16.0. The molecule has 448 valence electrons. The van der Waals surface area contributed by atoms with Gasteiger partial charge < -0.3 is 28.8 Å². The van der Waals surface area contributed by atoms with Gasteiger partial charge in [0.2, 0.25) is 5.91 Å². The molecule has 0 rings (SSSR count). The Balaban J connectivity index is 4.14. The summed E-state index contributed by atoms with van der Waals surface area (Å²) in [4.78, 5) is 25.6. The summed E-state index contributed by atoms with van der Waals surface area (Å²) in [5.74, 6) is -0.203. The summed E-state index contributed by atoms with van der Waals surface area (Å²) in [6.45, 7) is 4.66. The van der Waals surface area contributed by atoms with E-state index in [1.807, 2.05) is 27.2 Å². The van der Waals surface area contributed by atoms with Gasteiger partial charge in [0.15, 0.2) is 0 Å². The Morgan fingerprint density at radius 3 is 1.14 bits per heavy atom. The van der Waals surface area contributed by atoms with Crippen LogP contribution in [0.4, 0.5) is 0 Å². The van der Waals surface area contributed by atoms with Crippen LogP contribution in [0.3, 0.4) is 0 Å². The zero-order valence-corrected chi connectivity index (χ0v) is 52.1. The third kappa shape index (κ3) is 60.1. The lowest BCUT2D eigenvalue weighted by atomic mass is 10.0. The highest BCUT2D eigenvalue weighted by Crippen LogP contribution is 2.38. The fourth-order valence-electron chi connectivity index (χ4n) is 9.85. The first-order valence-corrected chi connectivity index (χ1v) is 34.5. The van der Waals surface area contributed by atoms with Gasteiger partial charge >= 0.3 is 0 Å². The average Bonchev–Trinajstić information content (AvgIpc) is 3.38. The summed E-state index contributed by atoms with van der Waals surface area (Å²) >= 11 is 0. The quantitative estimate of drug-likeness (QED) is 0.0272. The highest BCUT2D eigenvalue weighted by atomic mass is 31.2. The van der Waals surface area contributed by atoms with Gasteiger partial charge in [-0.25, -0.2) is 0 Å². The van der Waals surface area contributed by atoms with E-state index >= 15 is 0 Å². The van der Waals surface area contributed by atoms with Crippen molar-refractivity contribution in [2.75, 3.05) is 40.9 Å². The number of carbonyl (C=O) groups excluding carboxylic acids is 1. The zero-order chi connectivity index (χ0) is 55.6. The number of aliphatic hydroxyl groups is 1. The molecule has 0 radical (unpaired) electrons. The van der Waals surface area contributed by atoms with Gasteiger partial charge in [-0.1, -0.05) is 300 Å². The van der Waals surface area contributed by atoms with Gasteiger partial charge in [0.25, 0.3) is 7.82 Å². The number of carbonyl (C=O) groups is 1. The minimum Gasteiger partial charge on any atom is -0.756 e. The molecule has 0 aromatic heterocycles. The zero-order valence-electron chi connectivity index (χ0n) is 51.2. The first kappa shape index (κ1) is 74.5. The van der Waals surface area contributed by atoms with Crippen molar-refractivity contribution in [3.05, 3.63) is 48.6 Å². The number of phosphoric acid groups is 1. The van der Waals surface area contributed by atoms with Gasteiger partial charge in [-0.15, -0.1) is 0 Å². The largest absolute Gasteiger partial charge is 0.756 e. The predicted molar refractivity (Wildman–Crippen MR) is 330 cm³/mol. The number of hydrogen-bond donors (Lipinski definition) is 2. The molecule has 0 aromatic carbocycles. The number of aliphatic hydroxyl groups excluding tert-OH is 1. The molecule has 76 heavy (non-hydrogen) atoms. The Morgan fingerprint density at radius 2 is 0.776 bits per heavy atom. The van der Waals surface area contributed by atoms with Crippen LogP contribution in [0.25, 0.3) is 0 Å². The molecule has 2 N–H and O–H groups in total. The first-order chi connectivity index (χ1) is 37.0. The lowest BCUT2D eigenvalue weighted by molar-refractivity contribution is -0.870. The van der Waals surface area contributed by atoms with Crippen molar-refractivity contribution < 1.29 is 32.9 Å². The smallest absolute Gasteiger partial charge is 0.268 e. The van der Waals surface area contributed by atoms with E-state index in [1.54, 1.807) is 6.08 Å². The number of phosphoric ester groups is 1. The summed E-state index contributed by atoms with van der Waals surface area (Å²) in [6, 6.07) is -0.905. The van der Waals surface area contributed by atoms with E-state index in [1.165, 1.54) is 257 Å². The fraction of sp³-hybridized carbons (Fsp3) is 0.866. The highest BCUT2D eigenvalue weighted by molar-refractivity contribution is 7.45. The van der Waals surface area contributed by atoms with Crippen molar-refractivity contribution in [1.29, 1.82) is 0 Å². The molecular weight excluding hydrogens is 960 g/mol. The van der Waals surface area contributed by atoms with E-state index in [-0.39, 0.29) is 12.5 Å². The van der Waals surface area contributed by atoms with E-state index in [0.29, 0.717) is 17.4 Å². The molecule has 0 aromatic rings. The van der Waals surface area contributed by atoms with Crippen LogP contribution in [0.5, 0.6) is 0 Å². The van der Waals surface area contributed by atoms with Crippen LogP contribution in [-0.2, 0) is 18.4 Å². The van der Waals surface area contributed by atoms with Gasteiger partial charge in [0.1, 0.15) is 13.2 Å². The number of nitrogens with one attached hydrogen (secondary N) is 1. The number of rotatable bonds is 61. The molecule has 0 spiro atoms. The van der Waals surface area contributed by atoms with Crippen LogP contribution in [0.1, 0.15) is 322 Å². The van der Waals surface area contributed by atoms with Crippen LogP contribution in [0.15, 0.2) is 48.6 Å². The molecule has 3 unspecified atom stereocenters. The molecule has 3 atom stereocenters. The topological polar surface area (TPSA) is 108 Å². The van der Waals surface area contributed by atoms with Gasteiger partial charge in [-0.3, -0.25) is 9.36 Å². The SMILES string of the molecule is CCCCCCC/C=C\C/C=C\CCCCCCCCCCCCCCCCCC(=O)NC(COP(=O)([O-])OCC[N+](C)(C)C)C(O)/C=C/CC/C=C/CCCCCCCCCCCCCCCCCCCCCCC. The number of quaternary nitrogens is 1. The Morgan fingerprint density at radius 1 is 0.461 bits per heavy atom. The monoisotopic (exact) mass is 1090 g/mol. The molecule has 0 heterocycles. The number of nitrogens with zero attached hydrogens (tertiary/aromatic N) is 1. The summed E-state index contributed by atoms with van der Waals surface area (Å²) in [5, 5.41) is 13.9. The lowest BCUT2D eigenvalue weighted by Gasteiger charge is -2.29. The standard InChI is InChI=1S/C67H129N2O6P/c1-6-8-10-12-14-16-18-20-22-24-26-28-30-32-34-36-38-40-42-44-46-48-50-52-54-56-58-60-66(70)65(64-75-76(72,73)74-63-62-69(3,4)5)68-67(71)61-59-57-55-53-51-49-47-45-43-41-39-37-35-33-31-29-27-25-23-21-19-17-15-13-11-9-7-2/h19,21,25,27,50,52,58,60,65-66,70H,6-18,20,22-24,26,28-49,51,53-57,59,61-64H2,1-5H3,(H-,68,71,72,73)/b21-19-,27-25-,52-50+,60-58+. The second-order valence-electron chi connectivity index (χ2n) is 23.8. The Bertz CT molecular complexity index is 1380. The van der Waals surface area contributed by atoms with E-state index in [4.69, 9.17) is 9.05 Å². The minimum absolute atomic E-state index is 0.00603. The maximum absolute atomic E-state index is 13.0. The average molecular weight is 1090 g/mol. The van der Waals surface area contributed by atoms with Crippen LogP contribution >= 0.6 is 7.82 Å². The van der Waals surface area contributed by atoms with Crippen molar-refractivity contribution in [3.63, 3.8) is 0 Å². The summed E-state index contributed by atoms with van der Waals surface area (Å²) in [5.41, 5.74) is 0. The molecule has 0 aliphatic heterocycles. The molecule has 1 amide bonds. The molecule has 0 aliphatic carbocycles. The van der Waals surface area contributed by atoms with Crippen molar-refractivity contribution in [1.82, 2.24) is 5.32 Å². The molecule has 0 saturated heterocycles. The number of hydrogen-bond acceptors (Lipinski definition) is 6. The Labute approximate surface area is 473 Å². The Kier molecular flexibility index (Phi) is 56.9. The van der Waals surface area contributed by atoms with E-state index in [0.717, 1.165) is 44.9 Å². The Hall–Kier alpha value is -1.54. The molecule has 9 heteroatoms. The van der Waals surface area contributed by atoms with Crippen LogP contribution in [0.2, 0.25) is 0 Å². The minimum atomic E-state index is -4.61. The second kappa shape index (κ2) is 58.1. The molecule has 0 bridgehead atoms. The molecular formula is C67H129N2O6P. The van der Waals surface area contributed by atoms with Crippen LogP contribution in [-0.4, -0.2) is 68.5 Å². The highest BCUT2D eigenvalue weighted by Gasteiger charge is 2.23. The summed E-state index contributed by atoms with van der Waals surface area (Å²) in [6.07, 6.45) is 77.9. The van der Waals surface area contributed by atoms with Crippen molar-refractivity contribution in [2.45, 2.75) is 334 Å². The number of likely N-dealkylation sites (N-methyl/N-ethyl adjacent to an activating group) is 1. The van der Waals surface area contributed by atoms with E-state index < -0.39 is 26.6 Å². The maximum Gasteiger partial charge on any atom is 0.268 e. The van der Waals surface area contributed by atoms with Crippen molar-refractivity contribution in [3.8, 4) is 0 Å².